The second-order valence-electron chi connectivity index (χ2n) is 6.39. The van der Waals surface area contributed by atoms with Crippen molar-refractivity contribution in [1.29, 1.82) is 0 Å². The molecule has 0 fully saturated rings. The van der Waals surface area contributed by atoms with Crippen LogP contribution in [0, 0.1) is 6.92 Å². The van der Waals surface area contributed by atoms with Crippen molar-refractivity contribution in [1.82, 2.24) is 9.78 Å². The Morgan fingerprint density at radius 3 is 2.38 bits per heavy atom. The average Bonchev–Trinajstić information content (AvgIpc) is 2.98. The zero-order chi connectivity index (χ0) is 21.3. The maximum Gasteiger partial charge on any atom is 0.341 e. The van der Waals surface area contributed by atoms with Crippen LogP contribution < -0.4 is 10.5 Å². The molecule has 1 amide bonds. The van der Waals surface area contributed by atoms with Gasteiger partial charge in [-0.1, -0.05) is 35.9 Å². The molecular weight excluding hydrogens is 396 g/mol. The quantitative estimate of drug-likeness (QED) is 0.582. The molecule has 1 aromatic heterocycles. The Morgan fingerprint density at radius 1 is 1.14 bits per heavy atom. The first kappa shape index (κ1) is 20.2. The molecule has 9 nitrogen and oxygen atoms in total. The summed E-state index contributed by atoms with van der Waals surface area (Å²) >= 11 is 0. The summed E-state index contributed by atoms with van der Waals surface area (Å²) in [5.74, 6) is -1.99. The molecular formula is C19H18N4O5S. The number of nitrogens with zero attached hydrogens (tertiary/aromatic N) is 2. The van der Waals surface area contributed by atoms with Crippen molar-refractivity contribution >= 4 is 27.7 Å². The van der Waals surface area contributed by atoms with Gasteiger partial charge in [-0.25, -0.2) is 18.4 Å². The molecule has 1 heterocycles. The van der Waals surface area contributed by atoms with Crippen molar-refractivity contribution in [2.24, 2.45) is 12.2 Å². The summed E-state index contributed by atoms with van der Waals surface area (Å²) in [6.45, 7) is 1.90. The Kier molecular flexibility index (Phi) is 5.23. The van der Waals surface area contributed by atoms with E-state index in [4.69, 9.17) is 5.14 Å². The highest BCUT2D eigenvalue weighted by Crippen LogP contribution is 2.29. The lowest BCUT2D eigenvalue weighted by molar-refractivity contribution is 0.0698. The fourth-order valence-electron chi connectivity index (χ4n) is 2.78. The van der Waals surface area contributed by atoms with Gasteiger partial charge in [-0.05, 0) is 25.1 Å². The number of amides is 1. The van der Waals surface area contributed by atoms with Gasteiger partial charge in [-0.3, -0.25) is 9.48 Å². The summed E-state index contributed by atoms with van der Waals surface area (Å²) < 4.78 is 24.3. The minimum atomic E-state index is -3.99. The summed E-state index contributed by atoms with van der Waals surface area (Å²) in [7, 11) is -2.49. The van der Waals surface area contributed by atoms with Gasteiger partial charge in [0, 0.05) is 18.2 Å². The van der Waals surface area contributed by atoms with Gasteiger partial charge in [-0.2, -0.15) is 5.10 Å². The van der Waals surface area contributed by atoms with E-state index in [0.29, 0.717) is 5.56 Å². The SMILES string of the molecule is Cc1ccc(-c2nn(C)c(NC(=O)c3cccc(S(N)(=O)=O)c3)c2C(=O)O)cc1. The van der Waals surface area contributed by atoms with Crippen LogP contribution in [0.4, 0.5) is 5.82 Å². The molecule has 0 bridgehead atoms. The van der Waals surface area contributed by atoms with Crippen LogP contribution in [0.2, 0.25) is 0 Å². The fourth-order valence-corrected chi connectivity index (χ4v) is 3.34. The van der Waals surface area contributed by atoms with E-state index in [2.05, 4.69) is 10.4 Å². The van der Waals surface area contributed by atoms with Gasteiger partial charge in [0.1, 0.15) is 17.1 Å². The Hall–Kier alpha value is -3.50. The van der Waals surface area contributed by atoms with Crippen LogP contribution in [0.3, 0.4) is 0 Å². The normalized spacial score (nSPS) is 11.3. The largest absolute Gasteiger partial charge is 0.477 e. The Labute approximate surface area is 166 Å². The van der Waals surface area contributed by atoms with E-state index < -0.39 is 21.9 Å². The van der Waals surface area contributed by atoms with Crippen LogP contribution in [0.25, 0.3) is 11.3 Å². The van der Waals surface area contributed by atoms with Crippen molar-refractivity contribution in [3.05, 3.63) is 65.2 Å². The van der Waals surface area contributed by atoms with E-state index in [0.717, 1.165) is 11.6 Å². The average molecular weight is 414 g/mol. The number of aryl methyl sites for hydroxylation is 2. The molecule has 0 aliphatic rings. The van der Waals surface area contributed by atoms with E-state index in [1.165, 1.54) is 29.9 Å². The molecule has 0 aliphatic carbocycles. The van der Waals surface area contributed by atoms with E-state index in [-0.39, 0.29) is 27.5 Å². The molecule has 4 N–H and O–H groups in total. The predicted molar refractivity (Wildman–Crippen MR) is 106 cm³/mol. The van der Waals surface area contributed by atoms with E-state index in [1.54, 1.807) is 12.1 Å². The third kappa shape index (κ3) is 4.18. The predicted octanol–water partition coefficient (Wildman–Crippen LogP) is 1.99. The topological polar surface area (TPSA) is 144 Å². The number of aromatic nitrogens is 2. The van der Waals surface area contributed by atoms with E-state index in [9.17, 15) is 23.1 Å². The second-order valence-corrected chi connectivity index (χ2v) is 7.96. The molecule has 2 aromatic carbocycles. The molecule has 0 atom stereocenters. The number of benzene rings is 2. The lowest BCUT2D eigenvalue weighted by Gasteiger charge is -2.08. The zero-order valence-corrected chi connectivity index (χ0v) is 16.4. The standard InChI is InChI=1S/C19H18N4O5S/c1-11-6-8-12(9-7-11)16-15(19(25)26)17(23(2)22-16)21-18(24)13-4-3-5-14(10-13)29(20,27)28/h3-10H,1-2H3,(H,21,24)(H,25,26)(H2,20,27,28). The number of rotatable bonds is 5. The van der Waals surface area contributed by atoms with Crippen molar-refractivity contribution in [2.75, 3.05) is 5.32 Å². The number of nitrogens with two attached hydrogens (primary N) is 1. The summed E-state index contributed by atoms with van der Waals surface area (Å²) in [4.78, 5) is 24.3. The summed E-state index contributed by atoms with van der Waals surface area (Å²) in [5, 5.41) is 21.5. The summed E-state index contributed by atoms with van der Waals surface area (Å²) in [6.07, 6.45) is 0. The number of carbonyl (C=O) groups is 2. The van der Waals surface area contributed by atoms with Gasteiger partial charge in [0.2, 0.25) is 10.0 Å². The molecule has 0 spiro atoms. The Morgan fingerprint density at radius 2 is 1.79 bits per heavy atom. The Bertz CT molecular complexity index is 1210. The first-order chi connectivity index (χ1) is 13.6. The highest BCUT2D eigenvalue weighted by Gasteiger charge is 2.25. The number of sulfonamides is 1. The Balaban J connectivity index is 2.02. The number of carboxylic acids is 1. The second kappa shape index (κ2) is 7.49. The molecule has 0 saturated heterocycles. The third-order valence-corrected chi connectivity index (χ3v) is 5.15. The van der Waals surface area contributed by atoms with Crippen molar-refractivity contribution in [3.8, 4) is 11.3 Å². The van der Waals surface area contributed by atoms with Crippen LogP contribution >= 0.6 is 0 Å². The molecule has 29 heavy (non-hydrogen) atoms. The highest BCUT2D eigenvalue weighted by atomic mass is 32.2. The van der Waals surface area contributed by atoms with Gasteiger partial charge in [0.25, 0.3) is 5.91 Å². The lowest BCUT2D eigenvalue weighted by Crippen LogP contribution is -2.18. The third-order valence-electron chi connectivity index (χ3n) is 4.24. The number of hydrogen-bond acceptors (Lipinski definition) is 5. The van der Waals surface area contributed by atoms with Gasteiger partial charge < -0.3 is 10.4 Å². The fraction of sp³-hybridized carbons (Fsp3) is 0.105. The van der Waals surface area contributed by atoms with Crippen molar-refractivity contribution < 1.29 is 23.1 Å². The molecule has 0 aliphatic heterocycles. The van der Waals surface area contributed by atoms with Crippen LogP contribution in [0.5, 0.6) is 0 Å². The molecule has 150 valence electrons. The monoisotopic (exact) mass is 414 g/mol. The van der Waals surface area contributed by atoms with Gasteiger partial charge >= 0.3 is 5.97 Å². The molecule has 0 radical (unpaired) electrons. The number of aromatic carboxylic acids is 1. The number of primary sulfonamides is 1. The minimum Gasteiger partial charge on any atom is -0.477 e. The van der Waals surface area contributed by atoms with E-state index >= 15 is 0 Å². The van der Waals surface area contributed by atoms with Gasteiger partial charge in [0.15, 0.2) is 0 Å². The van der Waals surface area contributed by atoms with E-state index in [1.807, 2.05) is 19.1 Å². The number of carboxylic acid groups (broad SMARTS) is 1. The van der Waals surface area contributed by atoms with Crippen LogP contribution in [-0.4, -0.2) is 35.2 Å². The van der Waals surface area contributed by atoms with Crippen LogP contribution in [0.15, 0.2) is 53.4 Å². The first-order valence-corrected chi connectivity index (χ1v) is 9.94. The van der Waals surface area contributed by atoms with Crippen LogP contribution in [-0.2, 0) is 17.1 Å². The number of carbonyl (C=O) groups excluding carboxylic acids is 1. The summed E-state index contributed by atoms with van der Waals surface area (Å²) in [5.41, 5.74) is 1.62. The number of anilines is 1. The molecule has 0 saturated carbocycles. The van der Waals surface area contributed by atoms with Crippen molar-refractivity contribution in [2.45, 2.75) is 11.8 Å². The summed E-state index contributed by atoms with van der Waals surface area (Å²) in [6, 6.07) is 12.3. The number of hydrogen-bond donors (Lipinski definition) is 3. The number of nitrogens with one attached hydrogen (secondary N) is 1. The van der Waals surface area contributed by atoms with Crippen molar-refractivity contribution in [3.63, 3.8) is 0 Å². The maximum absolute atomic E-state index is 12.6. The lowest BCUT2D eigenvalue weighted by atomic mass is 10.1. The maximum atomic E-state index is 12.6. The molecule has 3 rings (SSSR count). The first-order valence-electron chi connectivity index (χ1n) is 8.39. The smallest absolute Gasteiger partial charge is 0.341 e. The van der Waals surface area contributed by atoms with Gasteiger partial charge in [-0.15, -0.1) is 0 Å². The highest BCUT2D eigenvalue weighted by molar-refractivity contribution is 7.89. The molecule has 0 unspecified atom stereocenters. The minimum absolute atomic E-state index is 0.00551. The molecule has 10 heteroatoms. The van der Waals surface area contributed by atoms with Gasteiger partial charge in [0.05, 0.1) is 4.90 Å². The van der Waals surface area contributed by atoms with Crippen LogP contribution in [0.1, 0.15) is 26.3 Å². The molecule has 3 aromatic rings. The zero-order valence-electron chi connectivity index (χ0n) is 15.6.